The van der Waals surface area contributed by atoms with Crippen LogP contribution in [0.5, 0.6) is 0 Å². The quantitative estimate of drug-likeness (QED) is 0.429. The SMILES string of the molecule is C.C.CC(C)=O.[I][V]([I])[I]. The summed E-state index contributed by atoms with van der Waals surface area (Å²) in [6.45, 7) is 3.06. The van der Waals surface area contributed by atoms with Crippen LogP contribution in [-0.4, -0.2) is 5.78 Å². The van der Waals surface area contributed by atoms with Crippen LogP contribution in [0.3, 0.4) is 0 Å². The van der Waals surface area contributed by atoms with Gasteiger partial charge >= 0.3 is 64.9 Å². The molecule has 5 heteroatoms. The van der Waals surface area contributed by atoms with Crippen molar-refractivity contribution in [3.05, 3.63) is 0 Å². The summed E-state index contributed by atoms with van der Waals surface area (Å²) in [5.41, 5.74) is 0. The number of rotatable bonds is 0. The summed E-state index contributed by atoms with van der Waals surface area (Å²) in [6, 6.07) is 0. The fourth-order valence-electron chi connectivity index (χ4n) is 0. The van der Waals surface area contributed by atoms with Crippen LogP contribution < -0.4 is 0 Å². The average molecular weight is 522 g/mol. The normalized spacial score (nSPS) is 6.20. The molecule has 66 valence electrons. The monoisotopic (exact) mass is 522 g/mol. The molecule has 0 saturated carbocycles. The maximum atomic E-state index is 9.44. The molecule has 10 heavy (non-hydrogen) atoms. The predicted molar refractivity (Wildman–Crippen MR) is 71.9 cm³/mol. The van der Waals surface area contributed by atoms with Crippen molar-refractivity contribution in [2.24, 2.45) is 0 Å². The van der Waals surface area contributed by atoms with Gasteiger partial charge in [0.1, 0.15) is 5.78 Å². The van der Waals surface area contributed by atoms with Crippen molar-refractivity contribution in [3.8, 4) is 0 Å². The molecule has 0 aromatic rings. The number of halogens is 3. The maximum absolute atomic E-state index is 9.44. The van der Waals surface area contributed by atoms with Gasteiger partial charge in [0.25, 0.3) is 0 Å². The third-order valence-corrected chi connectivity index (χ3v) is 0. The Bertz CT molecular complexity index is 61.2. The van der Waals surface area contributed by atoms with Crippen molar-refractivity contribution in [1.29, 1.82) is 0 Å². The molecule has 1 nitrogen and oxygen atoms in total. The van der Waals surface area contributed by atoms with Gasteiger partial charge in [-0.05, 0) is 13.8 Å². The topological polar surface area (TPSA) is 17.1 Å². The number of carbonyl (C=O) groups is 1. The Hall–Kier alpha value is 2.44. The first kappa shape index (κ1) is 22.9. The van der Waals surface area contributed by atoms with Crippen LogP contribution in [0, 0.1) is 0 Å². The molecule has 0 spiro atoms. The average Bonchev–Trinajstić information content (AvgIpc) is 1.25. The number of ketones is 1. The first-order valence-corrected chi connectivity index (χ1v) is 15.2. The Morgan fingerprint density at radius 3 is 1.10 bits per heavy atom. The van der Waals surface area contributed by atoms with E-state index in [1.54, 1.807) is 0 Å². The minimum atomic E-state index is -0.278. The molecule has 0 fully saturated rings. The summed E-state index contributed by atoms with van der Waals surface area (Å²) in [4.78, 5) is 9.17. The van der Waals surface area contributed by atoms with Gasteiger partial charge in [-0.3, -0.25) is 0 Å². The summed E-state index contributed by atoms with van der Waals surface area (Å²) in [5, 5.41) is 0. The molecule has 0 atom stereocenters. The van der Waals surface area contributed by atoms with Crippen LogP contribution in [0.4, 0.5) is 0 Å². The summed E-state index contributed by atoms with van der Waals surface area (Å²) in [6.07, 6.45) is 0. The van der Waals surface area contributed by atoms with Crippen molar-refractivity contribution < 1.29 is 9.72 Å². The Morgan fingerprint density at radius 1 is 1.10 bits per heavy atom. The van der Waals surface area contributed by atoms with E-state index < -0.39 is 0 Å². The number of carbonyl (C=O) groups excluding carboxylic acids is 1. The summed E-state index contributed by atoms with van der Waals surface area (Å²) in [5.74, 6) is 0.167. The van der Waals surface area contributed by atoms with Gasteiger partial charge in [-0.15, -0.1) is 0 Å². The van der Waals surface area contributed by atoms with Gasteiger partial charge in [0.05, 0.1) is 0 Å². The van der Waals surface area contributed by atoms with Gasteiger partial charge in [-0.2, -0.15) is 0 Å². The van der Waals surface area contributed by atoms with Gasteiger partial charge in [0, 0.05) is 0 Å². The first-order valence-electron chi connectivity index (χ1n) is 1.71. The van der Waals surface area contributed by atoms with Gasteiger partial charge in [0.2, 0.25) is 0 Å². The second-order valence-corrected chi connectivity index (χ2v) is 36.5. The first-order chi connectivity index (χ1) is 3.46. The third kappa shape index (κ3) is 156. The molecule has 0 aliphatic carbocycles. The summed E-state index contributed by atoms with van der Waals surface area (Å²) < 4.78 is 0. The van der Waals surface area contributed by atoms with E-state index in [0.29, 0.717) is 0 Å². The van der Waals surface area contributed by atoms with Gasteiger partial charge in [-0.1, -0.05) is 14.9 Å². The van der Waals surface area contributed by atoms with Crippen molar-refractivity contribution in [1.82, 2.24) is 0 Å². The van der Waals surface area contributed by atoms with E-state index in [0.717, 1.165) is 0 Å². The van der Waals surface area contributed by atoms with E-state index in [1.807, 2.05) is 0 Å². The van der Waals surface area contributed by atoms with Crippen LogP contribution in [-0.2, 0) is 9.72 Å². The molecule has 0 aromatic heterocycles. The molecular weight excluding hydrogens is 508 g/mol. The molecule has 0 aromatic carbocycles. The molecule has 0 bridgehead atoms. The Balaban J connectivity index is -0.0000000300. The molecular formula is C5H14I3OV. The van der Waals surface area contributed by atoms with Crippen molar-refractivity contribution >= 4 is 65.7 Å². The summed E-state index contributed by atoms with van der Waals surface area (Å²) in [7, 11) is 0. The summed E-state index contributed by atoms with van der Waals surface area (Å²) >= 11 is 7.39. The number of hydrogen-bond acceptors (Lipinski definition) is 1. The van der Waals surface area contributed by atoms with E-state index in [9.17, 15) is 4.79 Å². The molecule has 0 N–H and O–H groups in total. The third-order valence-electron chi connectivity index (χ3n) is 0. The van der Waals surface area contributed by atoms with Crippen LogP contribution in [0.2, 0.25) is 0 Å². The van der Waals surface area contributed by atoms with Gasteiger partial charge < -0.3 is 4.79 Å². The van der Waals surface area contributed by atoms with E-state index in [1.165, 1.54) is 13.8 Å². The Kier molecular flexibility index (Phi) is 40.0. The zero-order valence-corrected chi connectivity index (χ0v) is 12.4. The Morgan fingerprint density at radius 2 is 1.10 bits per heavy atom. The van der Waals surface area contributed by atoms with E-state index in [-0.39, 0.29) is 25.6 Å². The predicted octanol–water partition coefficient (Wildman–Crippen LogP) is 4.52. The van der Waals surface area contributed by atoms with Crippen molar-refractivity contribution in [2.45, 2.75) is 28.7 Å². The van der Waals surface area contributed by atoms with E-state index in [2.05, 4.69) is 59.9 Å². The van der Waals surface area contributed by atoms with Crippen molar-refractivity contribution in [2.75, 3.05) is 0 Å². The fourth-order valence-corrected chi connectivity index (χ4v) is 0. The number of hydrogen-bond donors (Lipinski definition) is 0. The second kappa shape index (κ2) is 17.5. The van der Waals surface area contributed by atoms with Gasteiger partial charge in [-0.25, -0.2) is 0 Å². The van der Waals surface area contributed by atoms with Crippen LogP contribution in [0.25, 0.3) is 0 Å². The van der Waals surface area contributed by atoms with E-state index in [4.69, 9.17) is 0 Å². The zero-order valence-electron chi connectivity index (χ0n) is 4.49. The zero-order chi connectivity index (χ0) is 7.15. The standard InChI is InChI=1S/C3H6O.2CH4.3HI.V/c1-3(2)4;;;;;;/h1-2H3;2*1H4;3*1H;/q;;;;;;+3/p-3. The molecule has 0 aliphatic rings. The minimum absolute atomic E-state index is 0. The Labute approximate surface area is 102 Å². The van der Waals surface area contributed by atoms with Crippen LogP contribution in [0.15, 0.2) is 0 Å². The molecule has 0 saturated heterocycles. The second-order valence-electron chi connectivity index (χ2n) is 1.10. The molecule has 0 aliphatic heterocycles. The van der Waals surface area contributed by atoms with Crippen molar-refractivity contribution in [3.63, 3.8) is 0 Å². The molecule has 0 radical (unpaired) electrons. The molecule has 0 amide bonds. The number of Topliss-reactive ketones (excluding diaryl/α,β-unsaturated/α-hetero) is 1. The fraction of sp³-hybridized carbons (Fsp3) is 0.800. The molecule has 0 unspecified atom stereocenters. The van der Waals surface area contributed by atoms with Gasteiger partial charge in [0.15, 0.2) is 0 Å². The van der Waals surface area contributed by atoms with Crippen LogP contribution >= 0.6 is 59.9 Å². The molecule has 0 heterocycles. The van der Waals surface area contributed by atoms with E-state index >= 15 is 0 Å². The molecule has 0 rings (SSSR count). The van der Waals surface area contributed by atoms with Crippen LogP contribution in [0.1, 0.15) is 28.7 Å².